The van der Waals surface area contributed by atoms with Crippen LogP contribution in [0.1, 0.15) is 83.1 Å². The van der Waals surface area contributed by atoms with Crippen molar-refractivity contribution in [1.82, 2.24) is 0 Å². The van der Waals surface area contributed by atoms with Crippen LogP contribution in [0.15, 0.2) is 24.3 Å². The van der Waals surface area contributed by atoms with Gasteiger partial charge >= 0.3 is 0 Å². The van der Waals surface area contributed by atoms with E-state index in [9.17, 15) is 0 Å². The predicted molar refractivity (Wildman–Crippen MR) is 150 cm³/mol. The van der Waals surface area contributed by atoms with Gasteiger partial charge in [0.1, 0.15) is 0 Å². The molecule has 0 bridgehead atoms. The quantitative estimate of drug-likeness (QED) is 0.142. The molecule has 0 aliphatic rings. The number of benzene rings is 2. The average molecular weight is 602 g/mol. The van der Waals surface area contributed by atoms with Gasteiger partial charge in [-0.15, -0.1) is 0 Å². The molecule has 0 saturated heterocycles. The molecule has 0 heterocycles. The summed E-state index contributed by atoms with van der Waals surface area (Å²) in [7, 11) is 0. The Balaban J connectivity index is 0.00000800. The molecule has 0 unspecified atom stereocenters. The molecule has 0 aromatic heterocycles. The summed E-state index contributed by atoms with van der Waals surface area (Å²) < 4.78 is 36.2. The first-order valence-electron chi connectivity index (χ1n) is 13.6. The third kappa shape index (κ3) is 11.1. The van der Waals surface area contributed by atoms with Crippen LogP contribution in [0.25, 0.3) is 0 Å². The van der Waals surface area contributed by atoms with Gasteiger partial charge in [0, 0.05) is 23.6 Å². The van der Waals surface area contributed by atoms with E-state index in [-0.39, 0.29) is 66.7 Å². The van der Waals surface area contributed by atoms with E-state index in [2.05, 4.69) is 0 Å². The van der Waals surface area contributed by atoms with Crippen molar-refractivity contribution in [2.75, 3.05) is 0 Å². The summed E-state index contributed by atoms with van der Waals surface area (Å²) in [4.78, 5) is 11.2. The van der Waals surface area contributed by atoms with Crippen LogP contribution in [0.5, 0.6) is 46.0 Å². The van der Waals surface area contributed by atoms with Crippen molar-refractivity contribution in [3.63, 3.8) is 0 Å². The third-order valence-corrected chi connectivity index (χ3v) is 4.47. The van der Waals surface area contributed by atoms with Crippen molar-refractivity contribution in [3.05, 3.63) is 24.3 Å². The second kappa shape index (κ2) is 16.6. The standard InChI is InChI=1S/C30H46O9.V/c1-17(2)31-23-13-15-25(29(35-21(9)10)27(23)33-19(5)6)37-39-38-26-16-14-24(32-18(3)4)28(34-20(7)8)30(26)36-22(11)12;/h13-22H,1-12H3;. The minimum atomic E-state index is -0.174. The van der Waals surface area contributed by atoms with Gasteiger partial charge in [0.15, 0.2) is 11.5 Å². The molecular weight excluding hydrogens is 555 g/mol. The van der Waals surface area contributed by atoms with Crippen LogP contribution in [0.3, 0.4) is 0 Å². The zero-order chi connectivity index (χ0) is 29.3. The Morgan fingerprint density at radius 2 is 0.575 bits per heavy atom. The largest absolute Gasteiger partial charge is 0.487 e. The number of rotatable bonds is 16. The second-order valence-corrected chi connectivity index (χ2v) is 10.7. The van der Waals surface area contributed by atoms with Crippen LogP contribution in [0.4, 0.5) is 0 Å². The van der Waals surface area contributed by atoms with Crippen LogP contribution >= 0.6 is 0 Å². The fourth-order valence-electron chi connectivity index (χ4n) is 3.36. The van der Waals surface area contributed by atoms with E-state index in [1.54, 1.807) is 24.3 Å². The Morgan fingerprint density at radius 3 is 0.825 bits per heavy atom. The molecular formula is C30H46O9V. The molecule has 0 spiro atoms. The molecule has 0 aliphatic heterocycles. The van der Waals surface area contributed by atoms with E-state index in [4.69, 9.17) is 43.2 Å². The molecule has 225 valence electrons. The van der Waals surface area contributed by atoms with Gasteiger partial charge in [-0.25, -0.2) is 0 Å². The van der Waals surface area contributed by atoms with Crippen LogP contribution in [0.2, 0.25) is 0 Å². The maximum Gasteiger partial charge on any atom is 0.215 e. The smallest absolute Gasteiger partial charge is 0.215 e. The predicted octanol–water partition coefficient (Wildman–Crippen LogP) is 7.71. The minimum Gasteiger partial charge on any atom is -0.487 e. The van der Waals surface area contributed by atoms with Crippen molar-refractivity contribution >= 4 is 0 Å². The molecule has 10 heteroatoms. The molecule has 0 atom stereocenters. The molecule has 1 radical (unpaired) electrons. The van der Waals surface area contributed by atoms with Crippen molar-refractivity contribution in [1.29, 1.82) is 0 Å². The van der Waals surface area contributed by atoms with Gasteiger partial charge in [-0.05, 0) is 107 Å². The Bertz CT molecular complexity index is 955. The summed E-state index contributed by atoms with van der Waals surface area (Å²) in [5.74, 6) is 3.07. The van der Waals surface area contributed by atoms with Crippen molar-refractivity contribution < 1.29 is 61.8 Å². The number of ether oxygens (including phenoxy) is 6. The van der Waals surface area contributed by atoms with Gasteiger partial charge in [0.2, 0.25) is 34.5 Å². The van der Waals surface area contributed by atoms with E-state index >= 15 is 0 Å². The van der Waals surface area contributed by atoms with Gasteiger partial charge in [0.05, 0.1) is 36.6 Å². The van der Waals surface area contributed by atoms with Crippen LogP contribution in [-0.2, 0) is 23.6 Å². The van der Waals surface area contributed by atoms with Crippen LogP contribution in [0, 0.1) is 0 Å². The SMILES string of the molecule is CC(C)Oc1ccc(OOOc2ccc(OC(C)C)c(OC(C)C)c2OC(C)C)c(OC(C)C)c1OC(C)C.[V]. The summed E-state index contributed by atoms with van der Waals surface area (Å²) in [5, 5.41) is 5.26. The fraction of sp³-hybridized carbons (Fsp3) is 0.600. The van der Waals surface area contributed by atoms with Gasteiger partial charge < -0.3 is 28.4 Å². The Hall–Kier alpha value is -2.62. The molecule has 40 heavy (non-hydrogen) atoms. The first-order valence-corrected chi connectivity index (χ1v) is 13.6. The topological polar surface area (TPSA) is 83.1 Å². The first kappa shape index (κ1) is 35.4. The van der Waals surface area contributed by atoms with Gasteiger partial charge in [0.25, 0.3) is 0 Å². The van der Waals surface area contributed by atoms with E-state index in [0.29, 0.717) is 34.5 Å². The Morgan fingerprint density at radius 1 is 0.350 bits per heavy atom. The first-order chi connectivity index (χ1) is 18.3. The number of hydrogen-bond donors (Lipinski definition) is 0. The Labute approximate surface area is 251 Å². The molecule has 2 aromatic rings. The van der Waals surface area contributed by atoms with Crippen molar-refractivity contribution in [2.45, 2.75) is 120 Å². The normalized spacial score (nSPS) is 11.2. The summed E-state index contributed by atoms with van der Waals surface area (Å²) in [5.41, 5.74) is 0. The maximum atomic E-state index is 6.07. The third-order valence-electron chi connectivity index (χ3n) is 4.47. The summed E-state index contributed by atoms with van der Waals surface area (Å²) in [6.45, 7) is 23.1. The summed E-state index contributed by atoms with van der Waals surface area (Å²) >= 11 is 0. The number of hydrogen-bond acceptors (Lipinski definition) is 9. The van der Waals surface area contributed by atoms with E-state index in [0.717, 1.165) is 0 Å². The average Bonchev–Trinajstić information content (AvgIpc) is 2.78. The van der Waals surface area contributed by atoms with Crippen molar-refractivity contribution in [3.8, 4) is 46.0 Å². The van der Waals surface area contributed by atoms with Crippen LogP contribution < -0.4 is 38.2 Å². The molecule has 2 rings (SSSR count). The van der Waals surface area contributed by atoms with E-state index < -0.39 is 0 Å². The second-order valence-electron chi connectivity index (χ2n) is 10.7. The molecule has 0 fully saturated rings. The molecule has 9 nitrogen and oxygen atoms in total. The van der Waals surface area contributed by atoms with Gasteiger partial charge in [-0.1, -0.05) is 0 Å². The maximum absolute atomic E-state index is 6.07. The van der Waals surface area contributed by atoms with Crippen molar-refractivity contribution in [2.24, 2.45) is 0 Å². The Kier molecular flexibility index (Phi) is 14.7. The van der Waals surface area contributed by atoms with Gasteiger partial charge in [-0.3, -0.25) is 9.78 Å². The minimum absolute atomic E-state index is 0. The van der Waals surface area contributed by atoms with Crippen LogP contribution in [-0.4, -0.2) is 36.6 Å². The molecule has 0 amide bonds. The van der Waals surface area contributed by atoms with Gasteiger partial charge in [-0.2, -0.15) is 0 Å². The van der Waals surface area contributed by atoms with E-state index in [1.165, 1.54) is 0 Å². The van der Waals surface area contributed by atoms with E-state index in [1.807, 2.05) is 83.1 Å². The zero-order valence-corrected chi connectivity index (χ0v) is 27.3. The fourth-order valence-corrected chi connectivity index (χ4v) is 3.36. The zero-order valence-electron chi connectivity index (χ0n) is 25.9. The molecule has 0 aliphatic carbocycles. The molecule has 2 aromatic carbocycles. The summed E-state index contributed by atoms with van der Waals surface area (Å²) in [6, 6.07) is 6.82. The molecule has 0 N–H and O–H groups in total. The monoisotopic (exact) mass is 601 g/mol. The summed E-state index contributed by atoms with van der Waals surface area (Å²) in [6.07, 6.45) is -0.755. The molecule has 0 saturated carbocycles.